The van der Waals surface area contributed by atoms with Crippen molar-refractivity contribution in [2.45, 2.75) is 38.8 Å². The average molecular weight is 339 g/mol. The molecular weight excluding hydrogens is 314 g/mol. The molecule has 3 rings (SSSR count). The second-order valence-electron chi connectivity index (χ2n) is 6.30. The average Bonchev–Trinajstić information content (AvgIpc) is 2.63. The van der Waals surface area contributed by atoms with Gasteiger partial charge < -0.3 is 9.47 Å². The molecule has 0 saturated carbocycles. The number of benzene rings is 2. The Morgan fingerprint density at radius 3 is 2.68 bits per heavy atom. The third kappa shape index (κ3) is 4.83. The zero-order valence-corrected chi connectivity index (χ0v) is 14.7. The van der Waals surface area contributed by atoms with Crippen LogP contribution in [0.4, 0.5) is 0 Å². The van der Waals surface area contributed by atoms with Crippen molar-refractivity contribution in [2.24, 2.45) is 0 Å². The zero-order chi connectivity index (χ0) is 17.5. The molecule has 0 aliphatic carbocycles. The van der Waals surface area contributed by atoms with Gasteiger partial charge in [-0.3, -0.25) is 9.69 Å². The van der Waals surface area contributed by atoms with E-state index in [2.05, 4.69) is 11.0 Å². The van der Waals surface area contributed by atoms with Crippen LogP contribution in [0.3, 0.4) is 0 Å². The first-order chi connectivity index (χ1) is 12.3. The summed E-state index contributed by atoms with van der Waals surface area (Å²) in [6.07, 6.45) is 3.08. The van der Waals surface area contributed by atoms with Crippen LogP contribution in [0.1, 0.15) is 31.7 Å². The standard InChI is InChI=1S/C21H25NO3/c1-2-24-21(23)20-13-6-7-14-22(20)16-17-9-8-12-19(15-17)25-18-10-4-3-5-11-18/h3-5,8-12,15,20H,2,6-7,13-14,16H2,1H3/t20-/m1/s1. The van der Waals surface area contributed by atoms with E-state index in [0.29, 0.717) is 6.61 Å². The molecule has 1 atom stereocenters. The number of hydrogen-bond acceptors (Lipinski definition) is 4. The Labute approximate surface area is 149 Å². The van der Waals surface area contributed by atoms with E-state index in [0.717, 1.165) is 49.4 Å². The number of rotatable bonds is 6. The fourth-order valence-corrected chi connectivity index (χ4v) is 3.25. The third-order valence-electron chi connectivity index (χ3n) is 4.44. The van der Waals surface area contributed by atoms with Crippen molar-refractivity contribution in [1.82, 2.24) is 4.90 Å². The van der Waals surface area contributed by atoms with E-state index < -0.39 is 0 Å². The van der Waals surface area contributed by atoms with Gasteiger partial charge in [-0.25, -0.2) is 0 Å². The van der Waals surface area contributed by atoms with Crippen LogP contribution >= 0.6 is 0 Å². The molecule has 0 aromatic heterocycles. The van der Waals surface area contributed by atoms with Crippen molar-refractivity contribution in [2.75, 3.05) is 13.2 Å². The summed E-state index contributed by atoms with van der Waals surface area (Å²) >= 11 is 0. The van der Waals surface area contributed by atoms with Crippen molar-refractivity contribution < 1.29 is 14.3 Å². The summed E-state index contributed by atoms with van der Waals surface area (Å²) < 4.78 is 11.2. The van der Waals surface area contributed by atoms with Crippen LogP contribution in [0.2, 0.25) is 0 Å². The number of carbonyl (C=O) groups excluding carboxylic acids is 1. The fourth-order valence-electron chi connectivity index (χ4n) is 3.25. The van der Waals surface area contributed by atoms with Gasteiger partial charge in [0.05, 0.1) is 6.61 Å². The first-order valence-electron chi connectivity index (χ1n) is 8.99. The van der Waals surface area contributed by atoms with E-state index in [1.165, 1.54) is 0 Å². The van der Waals surface area contributed by atoms with Crippen LogP contribution in [0.15, 0.2) is 54.6 Å². The van der Waals surface area contributed by atoms with Crippen molar-refractivity contribution in [1.29, 1.82) is 0 Å². The molecule has 2 aromatic carbocycles. The van der Waals surface area contributed by atoms with Crippen LogP contribution in [0, 0.1) is 0 Å². The summed E-state index contributed by atoms with van der Waals surface area (Å²) in [5.41, 5.74) is 1.14. The van der Waals surface area contributed by atoms with Crippen molar-refractivity contribution >= 4 is 5.97 Å². The number of esters is 1. The molecule has 0 amide bonds. The summed E-state index contributed by atoms with van der Waals surface area (Å²) in [5.74, 6) is 1.54. The van der Waals surface area contributed by atoms with Gasteiger partial charge in [0.15, 0.2) is 0 Å². The predicted octanol–water partition coefficient (Wildman–Crippen LogP) is 4.40. The van der Waals surface area contributed by atoms with Crippen molar-refractivity contribution in [3.8, 4) is 11.5 Å². The van der Waals surface area contributed by atoms with E-state index in [4.69, 9.17) is 9.47 Å². The largest absolute Gasteiger partial charge is 0.465 e. The van der Waals surface area contributed by atoms with Crippen LogP contribution in [0.25, 0.3) is 0 Å². The van der Waals surface area contributed by atoms with Crippen LogP contribution < -0.4 is 4.74 Å². The fraction of sp³-hybridized carbons (Fsp3) is 0.381. The molecule has 132 valence electrons. The second-order valence-corrected chi connectivity index (χ2v) is 6.30. The Kier molecular flexibility index (Phi) is 6.07. The third-order valence-corrected chi connectivity index (χ3v) is 4.44. The summed E-state index contributed by atoms with van der Waals surface area (Å²) in [5, 5.41) is 0. The number of carbonyl (C=O) groups is 1. The lowest BCUT2D eigenvalue weighted by molar-refractivity contribution is -0.151. The Balaban J connectivity index is 1.69. The summed E-state index contributed by atoms with van der Waals surface area (Å²) in [4.78, 5) is 14.4. The van der Waals surface area contributed by atoms with Crippen LogP contribution in [-0.4, -0.2) is 30.1 Å². The van der Waals surface area contributed by atoms with Crippen LogP contribution in [0.5, 0.6) is 11.5 Å². The molecule has 1 aliphatic rings. The number of nitrogens with zero attached hydrogens (tertiary/aromatic N) is 1. The highest BCUT2D eigenvalue weighted by Gasteiger charge is 2.29. The molecule has 25 heavy (non-hydrogen) atoms. The SMILES string of the molecule is CCOC(=O)[C@H]1CCCCN1Cc1cccc(Oc2ccccc2)c1. The molecule has 1 fully saturated rings. The molecule has 0 N–H and O–H groups in total. The molecule has 0 spiro atoms. The van der Waals surface area contributed by atoms with E-state index in [1.807, 2.05) is 55.5 Å². The Morgan fingerprint density at radius 2 is 1.88 bits per heavy atom. The number of likely N-dealkylation sites (tertiary alicyclic amines) is 1. The second kappa shape index (κ2) is 8.67. The molecule has 1 aliphatic heterocycles. The highest BCUT2D eigenvalue weighted by molar-refractivity contribution is 5.75. The molecular formula is C21H25NO3. The lowest BCUT2D eigenvalue weighted by Gasteiger charge is -2.34. The zero-order valence-electron chi connectivity index (χ0n) is 14.7. The van der Waals surface area contributed by atoms with Gasteiger partial charge in [0.1, 0.15) is 17.5 Å². The predicted molar refractivity (Wildman–Crippen MR) is 97.6 cm³/mol. The number of ether oxygens (including phenoxy) is 2. The number of para-hydroxylation sites is 1. The Bertz CT molecular complexity index is 687. The monoisotopic (exact) mass is 339 g/mol. The van der Waals surface area contributed by atoms with Gasteiger partial charge in [0, 0.05) is 6.54 Å². The molecule has 1 heterocycles. The maximum Gasteiger partial charge on any atom is 0.323 e. The van der Waals surface area contributed by atoms with Crippen LogP contribution in [-0.2, 0) is 16.1 Å². The highest BCUT2D eigenvalue weighted by atomic mass is 16.5. The molecule has 1 saturated heterocycles. The van der Waals surface area contributed by atoms with E-state index in [9.17, 15) is 4.79 Å². The van der Waals surface area contributed by atoms with Gasteiger partial charge in [0.25, 0.3) is 0 Å². The molecule has 0 unspecified atom stereocenters. The maximum absolute atomic E-state index is 12.2. The summed E-state index contributed by atoms with van der Waals surface area (Å²) in [6.45, 7) is 3.95. The maximum atomic E-state index is 12.2. The highest BCUT2D eigenvalue weighted by Crippen LogP contribution is 2.25. The van der Waals surface area contributed by atoms with Crippen molar-refractivity contribution in [3.63, 3.8) is 0 Å². The lowest BCUT2D eigenvalue weighted by Crippen LogP contribution is -2.44. The topological polar surface area (TPSA) is 38.8 Å². The molecule has 4 nitrogen and oxygen atoms in total. The van der Waals surface area contributed by atoms with E-state index in [-0.39, 0.29) is 12.0 Å². The quantitative estimate of drug-likeness (QED) is 0.731. The minimum Gasteiger partial charge on any atom is -0.465 e. The summed E-state index contributed by atoms with van der Waals surface area (Å²) in [7, 11) is 0. The van der Waals surface area contributed by atoms with E-state index >= 15 is 0 Å². The van der Waals surface area contributed by atoms with Crippen molar-refractivity contribution in [3.05, 3.63) is 60.2 Å². The molecule has 4 heteroatoms. The first kappa shape index (κ1) is 17.5. The van der Waals surface area contributed by atoms with Gasteiger partial charge >= 0.3 is 5.97 Å². The van der Waals surface area contributed by atoms with Gasteiger partial charge in [-0.2, -0.15) is 0 Å². The first-order valence-corrected chi connectivity index (χ1v) is 8.99. The molecule has 2 aromatic rings. The molecule has 0 bridgehead atoms. The normalized spacial score (nSPS) is 17.9. The number of piperidine rings is 1. The van der Waals surface area contributed by atoms with Gasteiger partial charge in [-0.05, 0) is 56.1 Å². The number of hydrogen-bond donors (Lipinski definition) is 0. The minimum absolute atomic E-state index is 0.0982. The Hall–Kier alpha value is -2.33. The van der Waals surface area contributed by atoms with E-state index in [1.54, 1.807) is 0 Å². The minimum atomic E-state index is -0.132. The van der Waals surface area contributed by atoms with Gasteiger partial charge in [-0.1, -0.05) is 36.8 Å². The van der Waals surface area contributed by atoms with Gasteiger partial charge in [-0.15, -0.1) is 0 Å². The summed E-state index contributed by atoms with van der Waals surface area (Å²) in [6, 6.07) is 17.7. The smallest absolute Gasteiger partial charge is 0.323 e. The lowest BCUT2D eigenvalue weighted by atomic mass is 10.0. The van der Waals surface area contributed by atoms with Gasteiger partial charge in [0.2, 0.25) is 0 Å². The molecule has 0 radical (unpaired) electrons. The Morgan fingerprint density at radius 1 is 1.08 bits per heavy atom.